The molecular formula is C31H41N3O5. The Hall–Kier alpha value is -2.96. The van der Waals surface area contributed by atoms with E-state index in [4.69, 9.17) is 25.6 Å². The van der Waals surface area contributed by atoms with Crippen molar-refractivity contribution in [1.82, 2.24) is 15.6 Å². The summed E-state index contributed by atoms with van der Waals surface area (Å²) in [4.78, 5) is 17.1. The maximum atomic E-state index is 12.4. The van der Waals surface area contributed by atoms with Crippen molar-refractivity contribution >= 4 is 5.91 Å². The van der Waals surface area contributed by atoms with Gasteiger partial charge in [0.05, 0.1) is 25.4 Å². The highest BCUT2D eigenvalue weighted by Gasteiger charge is 2.45. The lowest BCUT2D eigenvalue weighted by Crippen LogP contribution is -2.51. The van der Waals surface area contributed by atoms with E-state index >= 15 is 0 Å². The highest BCUT2D eigenvalue weighted by atomic mass is 16.6. The van der Waals surface area contributed by atoms with E-state index in [2.05, 4.69) is 43.4 Å². The fourth-order valence-corrected chi connectivity index (χ4v) is 5.41. The van der Waals surface area contributed by atoms with E-state index in [-0.39, 0.29) is 30.5 Å². The molecule has 4 atom stereocenters. The minimum Gasteiger partial charge on any atom is -0.468 e. The Morgan fingerprint density at radius 3 is 2.85 bits per heavy atom. The Balaban J connectivity index is 1.53. The number of ether oxygens (including phenoxy) is 3. The van der Waals surface area contributed by atoms with Gasteiger partial charge in [-0.05, 0) is 47.6 Å². The van der Waals surface area contributed by atoms with Crippen molar-refractivity contribution in [2.24, 2.45) is 5.41 Å². The zero-order valence-electron chi connectivity index (χ0n) is 23.5. The largest absolute Gasteiger partial charge is 0.468 e. The van der Waals surface area contributed by atoms with Gasteiger partial charge in [0.15, 0.2) is 0 Å². The van der Waals surface area contributed by atoms with Crippen LogP contribution in [-0.4, -0.2) is 67.2 Å². The molecule has 3 N–H and O–H groups in total. The van der Waals surface area contributed by atoms with Gasteiger partial charge in [-0.15, -0.1) is 6.42 Å². The van der Waals surface area contributed by atoms with E-state index in [0.29, 0.717) is 31.9 Å². The molecule has 2 aliphatic heterocycles. The summed E-state index contributed by atoms with van der Waals surface area (Å²) >= 11 is 0. The van der Waals surface area contributed by atoms with E-state index in [9.17, 15) is 9.90 Å². The van der Waals surface area contributed by atoms with Gasteiger partial charge in [0.2, 0.25) is 11.8 Å². The average molecular weight is 536 g/mol. The zero-order valence-corrected chi connectivity index (χ0v) is 23.5. The number of aromatic nitrogens is 1. The Bertz CT molecular complexity index is 1180. The van der Waals surface area contributed by atoms with Gasteiger partial charge >= 0.3 is 0 Å². The van der Waals surface area contributed by atoms with Crippen molar-refractivity contribution in [3.05, 3.63) is 58.8 Å². The molecule has 4 rings (SSSR count). The van der Waals surface area contributed by atoms with Crippen LogP contribution in [0.5, 0.6) is 5.88 Å². The first-order valence-electron chi connectivity index (χ1n) is 13.6. The lowest BCUT2D eigenvalue weighted by atomic mass is 9.85. The summed E-state index contributed by atoms with van der Waals surface area (Å²) in [6, 6.07) is 9.12. The lowest BCUT2D eigenvalue weighted by Gasteiger charge is -2.39. The van der Waals surface area contributed by atoms with Gasteiger partial charge in [0, 0.05) is 49.9 Å². The molecule has 8 heteroatoms. The van der Waals surface area contributed by atoms with Crippen molar-refractivity contribution in [2.75, 3.05) is 33.5 Å². The lowest BCUT2D eigenvalue weighted by molar-refractivity contribution is -0.126. The highest BCUT2D eigenvalue weighted by molar-refractivity contribution is 5.77. The third kappa shape index (κ3) is 7.80. The van der Waals surface area contributed by atoms with Gasteiger partial charge in [-0.2, -0.15) is 0 Å². The molecule has 3 heterocycles. The quantitative estimate of drug-likeness (QED) is 0.402. The highest BCUT2D eigenvalue weighted by Crippen LogP contribution is 2.42. The average Bonchev–Trinajstić information content (AvgIpc) is 3.33. The third-order valence-corrected chi connectivity index (χ3v) is 7.21. The molecule has 2 aromatic rings. The Morgan fingerprint density at radius 1 is 1.33 bits per heavy atom. The maximum Gasteiger partial charge on any atom is 0.246 e. The fourth-order valence-electron chi connectivity index (χ4n) is 5.41. The van der Waals surface area contributed by atoms with E-state index in [1.807, 2.05) is 30.5 Å². The molecule has 2 aliphatic rings. The van der Waals surface area contributed by atoms with Gasteiger partial charge < -0.3 is 30.0 Å². The van der Waals surface area contributed by atoms with Crippen LogP contribution in [0.3, 0.4) is 0 Å². The molecule has 1 saturated heterocycles. The minimum atomic E-state index is -0.868. The molecule has 210 valence electrons. The van der Waals surface area contributed by atoms with Gasteiger partial charge in [-0.25, -0.2) is 4.98 Å². The number of aliphatic hydroxyl groups excluding tert-OH is 1. The zero-order chi connectivity index (χ0) is 28.0. The number of pyridine rings is 1. The van der Waals surface area contributed by atoms with Crippen LogP contribution in [0.1, 0.15) is 61.9 Å². The van der Waals surface area contributed by atoms with E-state index in [1.54, 1.807) is 0 Å². The van der Waals surface area contributed by atoms with Crippen LogP contribution in [0, 0.1) is 17.8 Å². The molecule has 0 saturated carbocycles. The van der Waals surface area contributed by atoms with Crippen LogP contribution in [0.25, 0.3) is 0 Å². The van der Waals surface area contributed by atoms with Crippen molar-refractivity contribution in [3.8, 4) is 18.2 Å². The van der Waals surface area contributed by atoms with Gasteiger partial charge in [0.1, 0.15) is 12.2 Å². The molecule has 1 aromatic carbocycles. The summed E-state index contributed by atoms with van der Waals surface area (Å²) in [5.74, 6) is 2.97. The normalized spacial score (nSPS) is 22.0. The van der Waals surface area contributed by atoms with Crippen LogP contribution < -0.4 is 15.4 Å². The Kier molecular flexibility index (Phi) is 9.29. The number of carbonyl (C=O) groups excluding carboxylic acids is 1. The number of nitrogens with zero attached hydrogens (tertiary/aromatic N) is 1. The number of nitrogens with one attached hydrogen (secondary N) is 2. The van der Waals surface area contributed by atoms with Gasteiger partial charge in [-0.3, -0.25) is 4.79 Å². The SMILES string of the molecule is C#Cc1cccc(C[C@H](NC(=O)COC)[C@H](O)CN[C@H]2C[C@@]3(CCOC3)Oc3ncc(CC(C)(C)C)cc32)c1. The second-order valence-electron chi connectivity index (χ2n) is 12.0. The van der Waals surface area contributed by atoms with E-state index in [0.717, 1.165) is 35.1 Å². The minimum absolute atomic E-state index is 0.0842. The summed E-state index contributed by atoms with van der Waals surface area (Å²) in [6.45, 7) is 7.96. The van der Waals surface area contributed by atoms with Gasteiger partial charge in [0.25, 0.3) is 0 Å². The molecule has 1 aromatic heterocycles. The number of methoxy groups -OCH3 is 1. The summed E-state index contributed by atoms with van der Waals surface area (Å²) in [5, 5.41) is 17.8. The van der Waals surface area contributed by atoms with Crippen molar-refractivity contribution < 1.29 is 24.1 Å². The Morgan fingerprint density at radius 2 is 2.15 bits per heavy atom. The number of terminal acetylenes is 1. The van der Waals surface area contributed by atoms with Crippen molar-refractivity contribution in [3.63, 3.8) is 0 Å². The molecule has 0 radical (unpaired) electrons. The molecule has 0 aliphatic carbocycles. The molecule has 0 unspecified atom stereocenters. The predicted octanol–water partition coefficient (Wildman–Crippen LogP) is 2.96. The first kappa shape index (κ1) is 29.0. The molecule has 1 fully saturated rings. The number of aliphatic hydroxyl groups is 1. The fraction of sp³-hybridized carbons (Fsp3) is 0.548. The number of amides is 1. The van der Waals surface area contributed by atoms with Crippen LogP contribution in [0.2, 0.25) is 0 Å². The predicted molar refractivity (Wildman–Crippen MR) is 149 cm³/mol. The summed E-state index contributed by atoms with van der Waals surface area (Å²) in [6.07, 6.45) is 9.42. The number of rotatable bonds is 10. The summed E-state index contributed by atoms with van der Waals surface area (Å²) < 4.78 is 17.1. The molecular weight excluding hydrogens is 494 g/mol. The molecule has 39 heavy (non-hydrogen) atoms. The van der Waals surface area contributed by atoms with Gasteiger partial charge in [-0.1, -0.05) is 38.8 Å². The van der Waals surface area contributed by atoms with E-state index in [1.165, 1.54) is 7.11 Å². The first-order chi connectivity index (χ1) is 18.6. The maximum absolute atomic E-state index is 12.4. The number of carbonyl (C=O) groups is 1. The third-order valence-electron chi connectivity index (χ3n) is 7.21. The molecule has 0 bridgehead atoms. The monoisotopic (exact) mass is 535 g/mol. The Labute approximate surface area is 231 Å². The second-order valence-corrected chi connectivity index (χ2v) is 12.0. The number of hydrogen-bond acceptors (Lipinski definition) is 7. The first-order valence-corrected chi connectivity index (χ1v) is 13.6. The smallest absolute Gasteiger partial charge is 0.246 e. The molecule has 8 nitrogen and oxygen atoms in total. The topological polar surface area (TPSA) is 102 Å². The molecule has 1 spiro atoms. The second kappa shape index (κ2) is 12.5. The van der Waals surface area contributed by atoms with Crippen LogP contribution in [0.4, 0.5) is 0 Å². The van der Waals surface area contributed by atoms with Crippen LogP contribution in [0.15, 0.2) is 36.5 Å². The van der Waals surface area contributed by atoms with E-state index < -0.39 is 17.7 Å². The van der Waals surface area contributed by atoms with Crippen molar-refractivity contribution in [2.45, 2.75) is 70.2 Å². The number of fused-ring (bicyclic) bond motifs is 1. The summed E-state index contributed by atoms with van der Waals surface area (Å²) in [7, 11) is 1.47. The number of benzene rings is 1. The van der Waals surface area contributed by atoms with Crippen LogP contribution in [-0.2, 0) is 27.1 Å². The summed E-state index contributed by atoms with van der Waals surface area (Å²) in [5.41, 5.74) is 3.51. The number of hydrogen-bond donors (Lipinski definition) is 3. The van der Waals surface area contributed by atoms with Crippen molar-refractivity contribution in [1.29, 1.82) is 0 Å². The molecule has 1 amide bonds. The van der Waals surface area contributed by atoms with Crippen LogP contribution >= 0.6 is 0 Å². The standard InChI is InChI=1S/C31H41N3O5/c1-6-21-8-7-9-22(12-21)14-25(34-28(36)19-37-5)27(35)18-32-26-16-31(10-11-38-20-31)39-29-24(26)13-23(17-33-29)15-30(2,3)4/h1,7-9,12-13,17,25-27,32,35H,10-11,14-16,18-20H2,2-5H3,(H,34,36)/t25-,26-,27+,31+/m0/s1.